The van der Waals surface area contributed by atoms with Gasteiger partial charge >= 0.3 is 0 Å². The van der Waals surface area contributed by atoms with Crippen LogP contribution in [0.25, 0.3) is 0 Å². The Labute approximate surface area is 153 Å². The molecule has 0 fully saturated rings. The molecule has 0 spiro atoms. The second-order valence-corrected chi connectivity index (χ2v) is 8.17. The summed E-state index contributed by atoms with van der Waals surface area (Å²) < 4.78 is 0. The lowest BCUT2D eigenvalue weighted by Gasteiger charge is -2.32. The Hall–Kier alpha value is -1.89. The summed E-state index contributed by atoms with van der Waals surface area (Å²) in [4.78, 5) is 10.9. The van der Waals surface area contributed by atoms with E-state index in [1.807, 2.05) is 6.08 Å². The zero-order valence-electron chi connectivity index (χ0n) is 16.4. The van der Waals surface area contributed by atoms with Crippen LogP contribution in [0.15, 0.2) is 70.4 Å². The predicted octanol–water partition coefficient (Wildman–Crippen LogP) is 6.66. The number of aldehydes is 1. The van der Waals surface area contributed by atoms with E-state index in [9.17, 15) is 4.79 Å². The minimum absolute atomic E-state index is 0.292. The highest BCUT2D eigenvalue weighted by atomic mass is 16.1. The number of hydrogen-bond donors (Lipinski definition) is 0. The predicted molar refractivity (Wildman–Crippen MR) is 108 cm³/mol. The largest absolute Gasteiger partial charge is 0.298 e. The van der Waals surface area contributed by atoms with Crippen LogP contribution in [-0.4, -0.2) is 6.29 Å². The lowest BCUT2D eigenvalue weighted by atomic mass is 9.72. The molecule has 0 amide bonds. The summed E-state index contributed by atoms with van der Waals surface area (Å²) in [5.74, 6) is 0.315. The van der Waals surface area contributed by atoms with E-state index in [2.05, 4.69) is 71.1 Å². The monoisotopic (exact) mass is 336 g/mol. The van der Waals surface area contributed by atoms with Crippen molar-refractivity contribution in [2.24, 2.45) is 11.3 Å². The Balaban J connectivity index is 2.04. The van der Waals surface area contributed by atoms with Crippen LogP contribution >= 0.6 is 0 Å². The van der Waals surface area contributed by atoms with E-state index in [0.717, 1.165) is 18.3 Å². The molecule has 0 radical (unpaired) electrons. The lowest BCUT2D eigenvalue weighted by Crippen LogP contribution is -2.19. The third kappa shape index (κ3) is 5.29. The van der Waals surface area contributed by atoms with Crippen molar-refractivity contribution in [3.63, 3.8) is 0 Å². The van der Waals surface area contributed by atoms with Crippen molar-refractivity contribution in [2.45, 2.75) is 60.3 Å². The zero-order chi connectivity index (χ0) is 18.4. The van der Waals surface area contributed by atoms with Crippen LogP contribution in [0.3, 0.4) is 0 Å². The maximum Gasteiger partial charge on any atom is 0.146 e. The molecule has 2 rings (SSSR count). The molecule has 2 aliphatic carbocycles. The fourth-order valence-corrected chi connectivity index (χ4v) is 3.79. The van der Waals surface area contributed by atoms with E-state index in [1.54, 1.807) is 0 Å². The highest BCUT2D eigenvalue weighted by Crippen LogP contribution is 2.40. The zero-order valence-corrected chi connectivity index (χ0v) is 16.4. The molecule has 0 aromatic carbocycles. The summed E-state index contributed by atoms with van der Waals surface area (Å²) in [5.41, 5.74) is 6.76. The van der Waals surface area contributed by atoms with Crippen LogP contribution in [0.5, 0.6) is 0 Å². The second kappa shape index (κ2) is 8.47. The fraction of sp³-hybridized carbons (Fsp3) is 0.458. The van der Waals surface area contributed by atoms with Gasteiger partial charge in [-0.1, -0.05) is 74.4 Å². The van der Waals surface area contributed by atoms with Crippen LogP contribution < -0.4 is 0 Å². The third-order valence-corrected chi connectivity index (χ3v) is 5.46. The first-order valence-electron chi connectivity index (χ1n) is 9.42. The molecule has 1 unspecified atom stereocenters. The van der Waals surface area contributed by atoms with Gasteiger partial charge in [-0.3, -0.25) is 4.79 Å². The molecule has 0 aromatic rings. The summed E-state index contributed by atoms with van der Waals surface area (Å²) in [7, 11) is 0. The quantitative estimate of drug-likeness (QED) is 0.405. The van der Waals surface area contributed by atoms with Gasteiger partial charge in [-0.05, 0) is 67.6 Å². The molecule has 1 nitrogen and oxygen atoms in total. The van der Waals surface area contributed by atoms with Crippen molar-refractivity contribution < 1.29 is 4.79 Å². The minimum Gasteiger partial charge on any atom is -0.298 e. The molecule has 25 heavy (non-hydrogen) atoms. The molecule has 1 atom stereocenters. The van der Waals surface area contributed by atoms with Gasteiger partial charge < -0.3 is 0 Å². The van der Waals surface area contributed by atoms with E-state index >= 15 is 0 Å². The topological polar surface area (TPSA) is 17.1 Å². The smallest absolute Gasteiger partial charge is 0.146 e. The molecular weight excluding hydrogens is 304 g/mol. The molecule has 134 valence electrons. The summed E-state index contributed by atoms with van der Waals surface area (Å²) in [6.45, 7) is 11.2. The first-order chi connectivity index (χ1) is 11.8. The molecule has 1 heteroatoms. The molecular formula is C24H32O. The highest BCUT2D eigenvalue weighted by molar-refractivity contribution is 5.75. The van der Waals surface area contributed by atoms with Gasteiger partial charge in [0, 0.05) is 0 Å². The average Bonchev–Trinajstić information content (AvgIpc) is 2.54. The molecule has 2 aliphatic rings. The highest BCUT2D eigenvalue weighted by Gasteiger charge is 2.26. The van der Waals surface area contributed by atoms with Gasteiger partial charge in [-0.15, -0.1) is 0 Å². The molecule has 0 heterocycles. The van der Waals surface area contributed by atoms with Crippen LogP contribution in [0.1, 0.15) is 60.3 Å². The second-order valence-electron chi connectivity index (χ2n) is 8.17. The van der Waals surface area contributed by atoms with Gasteiger partial charge in [0.2, 0.25) is 0 Å². The average molecular weight is 337 g/mol. The van der Waals surface area contributed by atoms with Crippen molar-refractivity contribution >= 4 is 6.29 Å². The van der Waals surface area contributed by atoms with E-state index in [1.165, 1.54) is 41.6 Å². The maximum atomic E-state index is 10.9. The Kier molecular flexibility index (Phi) is 6.58. The summed E-state index contributed by atoms with van der Waals surface area (Å²) >= 11 is 0. The van der Waals surface area contributed by atoms with Crippen LogP contribution in [0.4, 0.5) is 0 Å². The van der Waals surface area contributed by atoms with Crippen molar-refractivity contribution in [3.05, 3.63) is 70.4 Å². The van der Waals surface area contributed by atoms with E-state index in [0.29, 0.717) is 11.3 Å². The van der Waals surface area contributed by atoms with E-state index in [4.69, 9.17) is 0 Å². The van der Waals surface area contributed by atoms with E-state index < -0.39 is 0 Å². The molecule has 0 aromatic heterocycles. The minimum atomic E-state index is 0.292. The van der Waals surface area contributed by atoms with E-state index in [-0.39, 0.29) is 0 Å². The molecule has 0 bridgehead atoms. The number of rotatable bonds is 5. The molecule has 0 saturated heterocycles. The summed E-state index contributed by atoms with van der Waals surface area (Å²) in [6, 6.07) is 0. The molecule has 0 N–H and O–H groups in total. The van der Waals surface area contributed by atoms with Gasteiger partial charge in [0.15, 0.2) is 0 Å². The van der Waals surface area contributed by atoms with Crippen molar-refractivity contribution in [1.82, 2.24) is 0 Å². The van der Waals surface area contributed by atoms with Gasteiger partial charge in [-0.25, -0.2) is 0 Å². The van der Waals surface area contributed by atoms with Crippen LogP contribution in [-0.2, 0) is 4.79 Å². The number of carbonyl (C=O) groups excluding carboxylic acids is 1. The number of hydrogen-bond acceptors (Lipinski definition) is 1. The Morgan fingerprint density at radius 2 is 2.00 bits per heavy atom. The Morgan fingerprint density at radius 3 is 2.64 bits per heavy atom. The van der Waals surface area contributed by atoms with Crippen molar-refractivity contribution in [2.75, 3.05) is 0 Å². The number of allylic oxidation sites excluding steroid dienone is 12. The van der Waals surface area contributed by atoms with Gasteiger partial charge in [0.1, 0.15) is 6.29 Å². The first-order valence-corrected chi connectivity index (χ1v) is 9.42. The standard InChI is InChI=1S/C24H32O/c1-18(11-14-23-19(2)9-7-15-24(23,4)5)8-6-10-21-12-13-22(17-25)20(3)16-21/h6,8,10-14,17,20H,7,9,15-16H2,1-5H3/b10-6+,14-11+,18-8+. The van der Waals surface area contributed by atoms with Crippen LogP contribution in [0, 0.1) is 11.3 Å². The van der Waals surface area contributed by atoms with Crippen LogP contribution in [0.2, 0.25) is 0 Å². The third-order valence-electron chi connectivity index (χ3n) is 5.46. The van der Waals surface area contributed by atoms with Gasteiger partial charge in [-0.2, -0.15) is 0 Å². The molecule has 0 saturated carbocycles. The normalized spacial score (nSPS) is 24.7. The SMILES string of the molecule is CC1=C(/C=C/C(C)=C/C=C/C2=CC=C(C=O)C(C)C2)C(C)(C)CCC1. The summed E-state index contributed by atoms with van der Waals surface area (Å²) in [6.07, 6.45) is 20.7. The Morgan fingerprint density at radius 1 is 1.24 bits per heavy atom. The number of carbonyl (C=O) groups is 1. The van der Waals surface area contributed by atoms with Gasteiger partial charge in [0.05, 0.1) is 0 Å². The molecule has 0 aliphatic heterocycles. The summed E-state index contributed by atoms with van der Waals surface area (Å²) in [5, 5.41) is 0. The first kappa shape index (κ1) is 19.4. The lowest BCUT2D eigenvalue weighted by molar-refractivity contribution is -0.105. The van der Waals surface area contributed by atoms with Crippen molar-refractivity contribution in [1.29, 1.82) is 0 Å². The maximum absolute atomic E-state index is 10.9. The Bertz CT molecular complexity index is 690. The van der Waals surface area contributed by atoms with Crippen molar-refractivity contribution in [3.8, 4) is 0 Å². The van der Waals surface area contributed by atoms with Gasteiger partial charge in [0.25, 0.3) is 0 Å². The fourth-order valence-electron chi connectivity index (χ4n) is 3.79.